The van der Waals surface area contributed by atoms with Crippen LogP contribution in [0.1, 0.15) is 18.1 Å². The Morgan fingerprint density at radius 1 is 1.00 bits per heavy atom. The van der Waals surface area contributed by atoms with Gasteiger partial charge < -0.3 is 4.42 Å². The van der Waals surface area contributed by atoms with Crippen LogP contribution < -0.4 is 4.72 Å². The molecule has 0 amide bonds. The first-order valence-electron chi connectivity index (χ1n) is 9.98. The van der Waals surface area contributed by atoms with Gasteiger partial charge in [0.25, 0.3) is 10.0 Å². The van der Waals surface area contributed by atoms with Crippen molar-refractivity contribution in [2.24, 2.45) is 0 Å². The van der Waals surface area contributed by atoms with E-state index in [2.05, 4.69) is 4.72 Å². The number of sulfonamides is 1. The first-order chi connectivity index (χ1) is 15.7. The largest absolute Gasteiger partial charge is 0.443 e. The summed E-state index contributed by atoms with van der Waals surface area (Å²) in [4.78, 5) is 11.7. The number of carbonyl (C=O) groups is 1. The summed E-state index contributed by atoms with van der Waals surface area (Å²) in [5.74, 6) is 0.181. The van der Waals surface area contributed by atoms with Crippen LogP contribution in [-0.4, -0.2) is 18.4 Å². The number of fused-ring (bicyclic) bond motifs is 1. The van der Waals surface area contributed by atoms with Crippen molar-refractivity contribution in [2.75, 3.05) is 4.72 Å². The Bertz CT molecular complexity index is 1440. The molecule has 6 nitrogen and oxygen atoms in total. The SMILES string of the molecule is CC(=O)Cc1cccc(CS(=O)c2ccc(Cl)cc2NS(=O)(=O)c2cc3ccccc3o2)c1. The molecule has 170 valence electrons. The molecule has 4 aromatic rings. The van der Waals surface area contributed by atoms with Crippen molar-refractivity contribution in [2.45, 2.75) is 29.1 Å². The fourth-order valence-electron chi connectivity index (χ4n) is 3.41. The van der Waals surface area contributed by atoms with Gasteiger partial charge in [0, 0.05) is 22.9 Å². The molecule has 0 aliphatic heterocycles. The first kappa shape index (κ1) is 23.2. The molecule has 1 N–H and O–H groups in total. The molecule has 33 heavy (non-hydrogen) atoms. The van der Waals surface area contributed by atoms with Crippen molar-refractivity contribution in [3.05, 3.63) is 88.9 Å². The van der Waals surface area contributed by atoms with Crippen LogP contribution >= 0.6 is 11.6 Å². The number of nitrogens with one attached hydrogen (secondary N) is 1. The number of halogens is 1. The lowest BCUT2D eigenvalue weighted by molar-refractivity contribution is -0.116. The van der Waals surface area contributed by atoms with Crippen LogP contribution in [0, 0.1) is 0 Å². The van der Waals surface area contributed by atoms with Gasteiger partial charge in [0.2, 0.25) is 5.09 Å². The van der Waals surface area contributed by atoms with E-state index in [0.717, 1.165) is 11.1 Å². The second kappa shape index (κ2) is 9.51. The Labute approximate surface area is 199 Å². The van der Waals surface area contributed by atoms with E-state index >= 15 is 0 Å². The van der Waals surface area contributed by atoms with E-state index < -0.39 is 20.8 Å². The van der Waals surface area contributed by atoms with Crippen molar-refractivity contribution >= 4 is 54.9 Å². The zero-order valence-corrected chi connectivity index (χ0v) is 20.0. The quantitative estimate of drug-likeness (QED) is 0.352. The highest BCUT2D eigenvalue weighted by Gasteiger charge is 2.23. The highest BCUT2D eigenvalue weighted by Crippen LogP contribution is 2.30. The standard InChI is InChI=1S/C24H20ClNO5S2/c1-16(27)11-17-5-4-6-18(12-17)15-32(28)23-10-9-20(25)14-21(23)26-33(29,30)24-13-19-7-2-3-8-22(19)31-24/h2-10,12-14,26H,11,15H2,1H3. The molecular formula is C24H20ClNO5S2. The van der Waals surface area contributed by atoms with E-state index in [1.807, 2.05) is 18.2 Å². The fourth-order valence-corrected chi connectivity index (χ4v) is 5.90. The van der Waals surface area contributed by atoms with Crippen LogP contribution in [0.5, 0.6) is 0 Å². The molecule has 0 saturated carbocycles. The summed E-state index contributed by atoms with van der Waals surface area (Å²) < 4.78 is 47.1. The van der Waals surface area contributed by atoms with Crippen LogP contribution in [0.4, 0.5) is 5.69 Å². The highest BCUT2D eigenvalue weighted by atomic mass is 35.5. The van der Waals surface area contributed by atoms with Crippen LogP contribution in [0.3, 0.4) is 0 Å². The molecule has 9 heteroatoms. The lowest BCUT2D eigenvalue weighted by Crippen LogP contribution is -2.14. The zero-order valence-electron chi connectivity index (χ0n) is 17.6. The van der Waals surface area contributed by atoms with Gasteiger partial charge >= 0.3 is 0 Å². The minimum atomic E-state index is -4.09. The second-order valence-corrected chi connectivity index (χ2v) is 11.0. The Hall–Kier alpha value is -2.94. The molecule has 0 saturated heterocycles. The number of hydrogen-bond acceptors (Lipinski definition) is 5. The molecule has 1 heterocycles. The lowest BCUT2D eigenvalue weighted by Gasteiger charge is -2.12. The number of rotatable bonds is 8. The molecule has 3 aromatic carbocycles. The Morgan fingerprint density at radius 2 is 1.76 bits per heavy atom. The Kier molecular flexibility index (Phi) is 6.69. The number of hydrogen-bond donors (Lipinski definition) is 1. The fraction of sp³-hybridized carbons (Fsp3) is 0.125. The maximum absolute atomic E-state index is 13.2. The average Bonchev–Trinajstić information content (AvgIpc) is 3.19. The summed E-state index contributed by atoms with van der Waals surface area (Å²) in [7, 11) is -5.67. The second-order valence-electron chi connectivity index (χ2n) is 7.54. The molecule has 1 atom stereocenters. The number of benzene rings is 3. The number of carbonyl (C=O) groups excluding carboxylic acids is 1. The third-order valence-electron chi connectivity index (χ3n) is 4.84. The molecule has 0 bridgehead atoms. The summed E-state index contributed by atoms with van der Waals surface area (Å²) in [6.07, 6.45) is 0.296. The molecule has 0 aliphatic rings. The normalized spacial score (nSPS) is 12.5. The van der Waals surface area contributed by atoms with Crippen molar-refractivity contribution in [1.82, 2.24) is 0 Å². The summed E-state index contributed by atoms with van der Waals surface area (Å²) in [6, 6.07) is 20.2. The van der Waals surface area contributed by atoms with Gasteiger partial charge in [-0.15, -0.1) is 0 Å². The molecule has 0 spiro atoms. The van der Waals surface area contributed by atoms with Gasteiger partial charge in [-0.1, -0.05) is 54.1 Å². The maximum atomic E-state index is 13.2. The molecule has 4 rings (SSSR count). The van der Waals surface area contributed by atoms with Crippen LogP contribution in [0.15, 0.2) is 87.2 Å². The van der Waals surface area contributed by atoms with Gasteiger partial charge in [0.05, 0.1) is 27.1 Å². The number of furan rings is 1. The monoisotopic (exact) mass is 501 g/mol. The highest BCUT2D eigenvalue weighted by molar-refractivity contribution is 7.92. The van der Waals surface area contributed by atoms with Crippen LogP contribution in [0.25, 0.3) is 11.0 Å². The van der Waals surface area contributed by atoms with E-state index in [0.29, 0.717) is 22.4 Å². The van der Waals surface area contributed by atoms with E-state index in [1.165, 1.54) is 25.1 Å². The number of anilines is 1. The predicted molar refractivity (Wildman–Crippen MR) is 129 cm³/mol. The number of ketones is 1. The van der Waals surface area contributed by atoms with E-state index in [1.54, 1.807) is 36.4 Å². The molecule has 0 radical (unpaired) electrons. The molecule has 0 fully saturated rings. The smallest absolute Gasteiger partial charge is 0.295 e. The van der Waals surface area contributed by atoms with Crippen LogP contribution in [-0.2, 0) is 37.8 Å². The van der Waals surface area contributed by atoms with Gasteiger partial charge in [-0.3, -0.25) is 13.7 Å². The lowest BCUT2D eigenvalue weighted by atomic mass is 10.1. The molecule has 0 aliphatic carbocycles. The number of Topliss-reactive ketones (excluding diaryl/α,β-unsaturated/α-hetero) is 1. The van der Waals surface area contributed by atoms with Gasteiger partial charge in [0.15, 0.2) is 0 Å². The summed E-state index contributed by atoms with van der Waals surface area (Å²) in [5.41, 5.74) is 2.16. The molecular weight excluding hydrogens is 482 g/mol. The molecule has 1 aromatic heterocycles. The summed E-state index contributed by atoms with van der Waals surface area (Å²) in [6.45, 7) is 1.51. The first-order valence-corrected chi connectivity index (χ1v) is 13.2. The van der Waals surface area contributed by atoms with Gasteiger partial charge in [-0.2, -0.15) is 8.42 Å². The van der Waals surface area contributed by atoms with Gasteiger partial charge in [0.1, 0.15) is 11.4 Å². The predicted octanol–water partition coefficient (Wildman–Crippen LogP) is 5.33. The van der Waals surface area contributed by atoms with Gasteiger partial charge in [-0.05, 0) is 42.3 Å². The summed E-state index contributed by atoms with van der Waals surface area (Å²) in [5, 5.41) is 0.692. The van der Waals surface area contributed by atoms with Crippen LogP contribution in [0.2, 0.25) is 5.02 Å². The Balaban J connectivity index is 1.62. The third kappa shape index (κ3) is 5.52. The minimum absolute atomic E-state index is 0.0354. The Morgan fingerprint density at radius 3 is 2.52 bits per heavy atom. The molecule has 1 unspecified atom stereocenters. The van der Waals surface area contributed by atoms with Crippen molar-refractivity contribution in [1.29, 1.82) is 0 Å². The van der Waals surface area contributed by atoms with Crippen molar-refractivity contribution in [3.8, 4) is 0 Å². The average molecular weight is 502 g/mol. The zero-order chi connectivity index (χ0) is 23.6. The van der Waals surface area contributed by atoms with Crippen molar-refractivity contribution in [3.63, 3.8) is 0 Å². The van der Waals surface area contributed by atoms with E-state index in [9.17, 15) is 17.4 Å². The third-order valence-corrected chi connectivity index (χ3v) is 7.74. The van der Waals surface area contributed by atoms with Crippen molar-refractivity contribution < 1.29 is 21.8 Å². The van der Waals surface area contributed by atoms with E-state index in [-0.39, 0.29) is 27.2 Å². The van der Waals surface area contributed by atoms with E-state index in [4.69, 9.17) is 16.0 Å². The maximum Gasteiger partial charge on any atom is 0.295 e. The number of para-hydroxylation sites is 1. The minimum Gasteiger partial charge on any atom is -0.443 e. The summed E-state index contributed by atoms with van der Waals surface area (Å²) >= 11 is 6.10. The topological polar surface area (TPSA) is 93.5 Å². The van der Waals surface area contributed by atoms with Gasteiger partial charge in [-0.25, -0.2) is 0 Å².